The van der Waals surface area contributed by atoms with E-state index in [1.807, 2.05) is 24.3 Å². The van der Waals surface area contributed by atoms with Crippen LogP contribution in [0.5, 0.6) is 11.5 Å². The smallest absolute Gasteiger partial charge is 0.243 e. The highest BCUT2D eigenvalue weighted by Crippen LogP contribution is 2.31. The number of piperazine rings is 1. The number of aryl methyl sites for hydroxylation is 1. The van der Waals surface area contributed by atoms with Crippen molar-refractivity contribution in [2.75, 3.05) is 46.9 Å². The van der Waals surface area contributed by atoms with Crippen molar-refractivity contribution in [1.29, 1.82) is 0 Å². The lowest BCUT2D eigenvalue weighted by atomic mass is 10.1. The predicted molar refractivity (Wildman–Crippen MR) is 122 cm³/mol. The van der Waals surface area contributed by atoms with Crippen LogP contribution in [0.3, 0.4) is 0 Å². The molecular formula is C23H31N3O5S. The maximum atomic E-state index is 13.6. The Morgan fingerprint density at radius 1 is 1.00 bits per heavy atom. The molecule has 0 saturated carbocycles. The third-order valence-electron chi connectivity index (χ3n) is 5.56. The van der Waals surface area contributed by atoms with Crippen molar-refractivity contribution < 1.29 is 22.7 Å². The predicted octanol–water partition coefficient (Wildman–Crippen LogP) is 1.89. The number of carbonyl (C=O) groups is 1. The molecule has 1 aliphatic rings. The van der Waals surface area contributed by atoms with Gasteiger partial charge in [-0.25, -0.2) is 8.42 Å². The van der Waals surface area contributed by atoms with Crippen molar-refractivity contribution in [2.45, 2.75) is 24.8 Å². The number of carbonyl (C=O) groups excluding carboxylic acids is 1. The van der Waals surface area contributed by atoms with Gasteiger partial charge >= 0.3 is 0 Å². The second kappa shape index (κ2) is 10.8. The zero-order chi connectivity index (χ0) is 23.1. The topological polar surface area (TPSA) is 88.2 Å². The Kier molecular flexibility index (Phi) is 8.11. The van der Waals surface area contributed by atoms with Gasteiger partial charge in [0, 0.05) is 38.8 Å². The van der Waals surface area contributed by atoms with Gasteiger partial charge < -0.3 is 19.7 Å². The van der Waals surface area contributed by atoms with E-state index in [1.54, 1.807) is 11.0 Å². The molecule has 174 valence electrons. The van der Waals surface area contributed by atoms with E-state index in [0.717, 1.165) is 12.0 Å². The highest BCUT2D eigenvalue weighted by Gasteiger charge is 2.30. The fourth-order valence-corrected chi connectivity index (χ4v) is 4.99. The van der Waals surface area contributed by atoms with Crippen molar-refractivity contribution >= 4 is 15.9 Å². The normalized spacial score (nSPS) is 14.4. The van der Waals surface area contributed by atoms with Gasteiger partial charge in [0.15, 0.2) is 11.5 Å². The molecule has 2 aromatic carbocycles. The van der Waals surface area contributed by atoms with Gasteiger partial charge in [0.25, 0.3) is 0 Å². The molecule has 1 fully saturated rings. The molecule has 1 aliphatic heterocycles. The molecule has 1 saturated heterocycles. The van der Waals surface area contributed by atoms with Crippen LogP contribution in [0.15, 0.2) is 47.4 Å². The number of methoxy groups -OCH3 is 2. The summed E-state index contributed by atoms with van der Waals surface area (Å²) in [6, 6.07) is 12.2. The molecule has 0 aliphatic carbocycles. The lowest BCUT2D eigenvalue weighted by Gasteiger charge is -2.30. The minimum atomic E-state index is -3.97. The highest BCUT2D eigenvalue weighted by atomic mass is 32.2. The fourth-order valence-electron chi connectivity index (χ4n) is 3.60. The average molecular weight is 462 g/mol. The van der Waals surface area contributed by atoms with Gasteiger partial charge in [-0.2, -0.15) is 4.31 Å². The zero-order valence-electron chi connectivity index (χ0n) is 18.8. The van der Waals surface area contributed by atoms with E-state index in [0.29, 0.717) is 37.7 Å². The van der Waals surface area contributed by atoms with Crippen molar-refractivity contribution in [1.82, 2.24) is 14.5 Å². The first-order chi connectivity index (χ1) is 15.4. The quantitative estimate of drug-likeness (QED) is 0.614. The Balaban J connectivity index is 1.92. The minimum Gasteiger partial charge on any atom is -0.493 e. The SMILES string of the molecule is CCc1ccc(CN(CC(=O)N2CCNCC2)S(=O)(=O)c2ccc(OC)c(OC)c2)cc1. The summed E-state index contributed by atoms with van der Waals surface area (Å²) >= 11 is 0. The molecule has 1 N–H and O–H groups in total. The number of ether oxygens (including phenoxy) is 2. The number of hydrogen-bond acceptors (Lipinski definition) is 6. The summed E-state index contributed by atoms with van der Waals surface area (Å²) in [5.41, 5.74) is 1.99. The molecule has 0 atom stereocenters. The van der Waals surface area contributed by atoms with Gasteiger partial charge in [0.05, 0.1) is 25.7 Å². The van der Waals surface area contributed by atoms with E-state index in [1.165, 1.54) is 36.2 Å². The van der Waals surface area contributed by atoms with Crippen LogP contribution >= 0.6 is 0 Å². The molecule has 1 heterocycles. The monoisotopic (exact) mass is 461 g/mol. The van der Waals surface area contributed by atoms with Gasteiger partial charge in [-0.1, -0.05) is 31.2 Å². The Bertz CT molecular complexity index is 1020. The van der Waals surface area contributed by atoms with E-state index in [-0.39, 0.29) is 23.9 Å². The molecule has 0 aromatic heterocycles. The summed E-state index contributed by atoms with van der Waals surface area (Å²) < 4.78 is 38.9. The second-order valence-electron chi connectivity index (χ2n) is 7.59. The van der Waals surface area contributed by atoms with Crippen LogP contribution in [0.1, 0.15) is 18.1 Å². The molecule has 32 heavy (non-hydrogen) atoms. The van der Waals surface area contributed by atoms with Crippen LogP contribution in [-0.4, -0.2) is 70.5 Å². The van der Waals surface area contributed by atoms with Crippen LogP contribution < -0.4 is 14.8 Å². The lowest BCUT2D eigenvalue weighted by molar-refractivity contribution is -0.132. The van der Waals surface area contributed by atoms with Gasteiger partial charge in [-0.05, 0) is 29.7 Å². The number of hydrogen-bond donors (Lipinski definition) is 1. The van der Waals surface area contributed by atoms with Crippen molar-refractivity contribution in [3.63, 3.8) is 0 Å². The zero-order valence-corrected chi connectivity index (χ0v) is 19.7. The number of sulfonamides is 1. The second-order valence-corrected chi connectivity index (χ2v) is 9.53. The number of nitrogens with zero attached hydrogens (tertiary/aromatic N) is 2. The summed E-state index contributed by atoms with van der Waals surface area (Å²) in [6.45, 7) is 4.46. The standard InChI is InChI=1S/C23H31N3O5S/c1-4-18-5-7-19(8-6-18)16-26(17-23(27)25-13-11-24-12-14-25)32(28,29)20-9-10-21(30-2)22(15-20)31-3/h5-10,15,24H,4,11-14,16-17H2,1-3H3. The van der Waals surface area contributed by atoms with Crippen LogP contribution in [0.4, 0.5) is 0 Å². The van der Waals surface area contributed by atoms with Crippen molar-refractivity contribution in [3.8, 4) is 11.5 Å². The van der Waals surface area contributed by atoms with Crippen LogP contribution in [-0.2, 0) is 27.8 Å². The van der Waals surface area contributed by atoms with Gasteiger partial charge in [-0.3, -0.25) is 4.79 Å². The van der Waals surface area contributed by atoms with Crippen LogP contribution in [0.25, 0.3) is 0 Å². The molecule has 8 nitrogen and oxygen atoms in total. The van der Waals surface area contributed by atoms with E-state index in [9.17, 15) is 13.2 Å². The Labute approximate surface area is 190 Å². The summed E-state index contributed by atoms with van der Waals surface area (Å²) in [5.74, 6) is 0.542. The maximum absolute atomic E-state index is 13.6. The first-order valence-electron chi connectivity index (χ1n) is 10.7. The lowest BCUT2D eigenvalue weighted by Crippen LogP contribution is -2.50. The van der Waals surface area contributed by atoms with Crippen LogP contribution in [0.2, 0.25) is 0 Å². The number of rotatable bonds is 9. The molecule has 2 aromatic rings. The van der Waals surface area contributed by atoms with Gasteiger partial charge in [0.2, 0.25) is 15.9 Å². The van der Waals surface area contributed by atoms with Crippen LogP contribution in [0, 0.1) is 0 Å². The van der Waals surface area contributed by atoms with Crippen molar-refractivity contribution in [3.05, 3.63) is 53.6 Å². The molecule has 1 amide bonds. The molecule has 0 unspecified atom stereocenters. The van der Waals surface area contributed by atoms with E-state index in [2.05, 4.69) is 12.2 Å². The molecule has 0 radical (unpaired) electrons. The average Bonchev–Trinajstić information content (AvgIpc) is 2.84. The highest BCUT2D eigenvalue weighted by molar-refractivity contribution is 7.89. The molecule has 0 spiro atoms. The summed E-state index contributed by atoms with van der Waals surface area (Å²) in [5, 5.41) is 3.20. The fraction of sp³-hybridized carbons (Fsp3) is 0.435. The van der Waals surface area contributed by atoms with E-state index < -0.39 is 10.0 Å². The number of amides is 1. The third kappa shape index (κ3) is 5.59. The molecule has 0 bridgehead atoms. The summed E-state index contributed by atoms with van der Waals surface area (Å²) in [4.78, 5) is 14.7. The first kappa shape index (κ1) is 24.0. The summed E-state index contributed by atoms with van der Waals surface area (Å²) in [7, 11) is -1.03. The Morgan fingerprint density at radius 2 is 1.62 bits per heavy atom. The summed E-state index contributed by atoms with van der Waals surface area (Å²) in [6.07, 6.45) is 0.898. The molecule has 9 heteroatoms. The molecule has 3 rings (SSSR count). The largest absolute Gasteiger partial charge is 0.493 e. The van der Waals surface area contributed by atoms with E-state index >= 15 is 0 Å². The maximum Gasteiger partial charge on any atom is 0.243 e. The number of nitrogens with one attached hydrogen (secondary N) is 1. The van der Waals surface area contributed by atoms with Gasteiger partial charge in [0.1, 0.15) is 0 Å². The number of benzene rings is 2. The Hall–Kier alpha value is -2.62. The van der Waals surface area contributed by atoms with Crippen molar-refractivity contribution in [2.24, 2.45) is 0 Å². The first-order valence-corrected chi connectivity index (χ1v) is 12.1. The minimum absolute atomic E-state index is 0.0495. The van der Waals surface area contributed by atoms with Gasteiger partial charge in [-0.15, -0.1) is 0 Å². The molecular weight excluding hydrogens is 430 g/mol. The van der Waals surface area contributed by atoms with E-state index in [4.69, 9.17) is 9.47 Å². The Morgan fingerprint density at radius 3 is 2.22 bits per heavy atom. The third-order valence-corrected chi connectivity index (χ3v) is 7.35.